The molecule has 4 nitrogen and oxygen atoms in total. The fourth-order valence-corrected chi connectivity index (χ4v) is 8.13. The lowest BCUT2D eigenvalue weighted by Gasteiger charge is -2.21. The minimum absolute atomic E-state index is 0.0214. The zero-order valence-corrected chi connectivity index (χ0v) is 33.1. The van der Waals surface area contributed by atoms with Gasteiger partial charge in [-0.05, 0) is 88.9 Å². The molecule has 328 valence electrons. The largest absolute Gasteiger partial charge is 0.417 e. The molecule has 0 amide bonds. The van der Waals surface area contributed by atoms with Crippen molar-refractivity contribution in [3.05, 3.63) is 178 Å². The van der Waals surface area contributed by atoms with Crippen LogP contribution in [0.25, 0.3) is 73.5 Å². The highest BCUT2D eigenvalue weighted by Crippen LogP contribution is 2.45. The van der Waals surface area contributed by atoms with Gasteiger partial charge in [-0.15, -0.1) is 0 Å². The molecule has 0 fully saturated rings. The molecular weight excluding hydrogens is 873 g/mol. The average molecular weight is 901 g/mol. The van der Waals surface area contributed by atoms with Crippen molar-refractivity contribution in [1.29, 1.82) is 0 Å². The Kier molecular flexibility index (Phi) is 10.5. The zero-order valence-electron chi connectivity index (χ0n) is 33.1. The molecule has 7 aromatic rings. The van der Waals surface area contributed by atoms with Crippen molar-refractivity contribution in [3.8, 4) is 51.0 Å². The van der Waals surface area contributed by atoms with Gasteiger partial charge in [0.1, 0.15) is 0 Å². The molecule has 2 aliphatic rings. The Morgan fingerprint density at radius 1 is 0.523 bits per heavy atom. The van der Waals surface area contributed by atoms with Crippen LogP contribution in [0.2, 0.25) is 0 Å². The summed E-state index contributed by atoms with van der Waals surface area (Å²) in [5.74, 6) is 0.143. The van der Waals surface area contributed by atoms with Crippen molar-refractivity contribution in [2.24, 2.45) is 0 Å². The molecule has 0 spiro atoms. The third-order valence-electron chi connectivity index (χ3n) is 11.1. The quantitative estimate of drug-likeness (QED) is 0.162. The summed E-state index contributed by atoms with van der Waals surface area (Å²) < 4.78 is 173. The Labute approximate surface area is 360 Å². The molecule has 0 saturated heterocycles. The standard InChI is InChI=1S/C49H28F12N4/c50-46(51,52)30-16-20-33(39(24-30)48(56,57)58)29-15-19-36-35-13-7-8-14-41(35)65(42(36)23-29)32-18-22-37(38(26-32)34-21-17-31(47(53,54)55)25-40(34)49(59,60)61)45-63-43(27-9-3-1-4-10-27)62-44(64-45)28-11-5-2-6-12-28/h1-12,14-19,21-26H,13,20H2. The fourth-order valence-electron chi connectivity index (χ4n) is 8.13. The highest BCUT2D eigenvalue weighted by atomic mass is 19.4. The third kappa shape index (κ3) is 8.24. The van der Waals surface area contributed by atoms with Crippen LogP contribution in [-0.2, 0) is 18.8 Å². The lowest BCUT2D eigenvalue weighted by atomic mass is 9.91. The molecule has 2 aliphatic carbocycles. The lowest BCUT2D eigenvalue weighted by molar-refractivity contribution is -0.142. The highest BCUT2D eigenvalue weighted by molar-refractivity contribution is 5.90. The molecule has 0 radical (unpaired) electrons. The topological polar surface area (TPSA) is 43.6 Å². The SMILES string of the molecule is FC(F)(F)C1=CCC(=c2ccc3c4c(n(-c5ccc(-c6nc(-c7ccccc7)nc(-c7ccccc7)n6)c(-c6ccc(C(F)(F)F)cc6C(F)(F)F)c5)c3c2)=CC=CC4)C(C(F)(F)F)=C1. The molecule has 9 rings (SSSR count). The van der Waals surface area contributed by atoms with Crippen LogP contribution in [-0.4, -0.2) is 31.9 Å². The second-order valence-electron chi connectivity index (χ2n) is 15.1. The fraction of sp³-hybridized carbons (Fsp3) is 0.122. The van der Waals surface area contributed by atoms with E-state index < -0.39 is 64.5 Å². The molecule has 0 unspecified atom stereocenters. The Morgan fingerprint density at radius 2 is 1.15 bits per heavy atom. The van der Waals surface area contributed by atoms with Gasteiger partial charge in [0.2, 0.25) is 0 Å². The van der Waals surface area contributed by atoms with E-state index in [1.807, 2.05) is 6.08 Å². The van der Waals surface area contributed by atoms with E-state index in [0.717, 1.165) is 6.07 Å². The van der Waals surface area contributed by atoms with Crippen LogP contribution in [0.15, 0.2) is 151 Å². The van der Waals surface area contributed by atoms with E-state index in [1.165, 1.54) is 36.4 Å². The van der Waals surface area contributed by atoms with E-state index >= 15 is 13.2 Å². The molecular formula is C49H28F12N4. The first-order chi connectivity index (χ1) is 30.8. The summed E-state index contributed by atoms with van der Waals surface area (Å²) in [5.41, 5.74) is -5.36. The first kappa shape index (κ1) is 43.0. The van der Waals surface area contributed by atoms with Crippen molar-refractivity contribution < 1.29 is 52.7 Å². The van der Waals surface area contributed by atoms with Crippen molar-refractivity contribution in [2.45, 2.75) is 37.5 Å². The third-order valence-corrected chi connectivity index (χ3v) is 11.1. The van der Waals surface area contributed by atoms with Gasteiger partial charge in [-0.1, -0.05) is 97.1 Å². The maximum atomic E-state index is 15.1. The van der Waals surface area contributed by atoms with Crippen LogP contribution in [0.1, 0.15) is 23.1 Å². The lowest BCUT2D eigenvalue weighted by Crippen LogP contribution is -2.23. The second kappa shape index (κ2) is 15.8. The first-order valence-corrected chi connectivity index (χ1v) is 19.7. The summed E-state index contributed by atoms with van der Waals surface area (Å²) in [5, 5.41) is 0.950. The van der Waals surface area contributed by atoms with Gasteiger partial charge in [0.05, 0.1) is 33.1 Å². The van der Waals surface area contributed by atoms with Crippen LogP contribution in [0.4, 0.5) is 52.7 Å². The molecule has 16 heteroatoms. The molecule has 0 aliphatic heterocycles. The molecule has 0 bridgehead atoms. The van der Waals surface area contributed by atoms with Crippen molar-refractivity contribution in [1.82, 2.24) is 19.5 Å². The van der Waals surface area contributed by atoms with Crippen LogP contribution in [0, 0.1) is 0 Å². The Hall–Kier alpha value is -7.23. The van der Waals surface area contributed by atoms with Gasteiger partial charge in [-0.2, -0.15) is 52.7 Å². The number of allylic oxidation sites excluding steroid dienone is 6. The average Bonchev–Trinajstić information content (AvgIpc) is 3.61. The molecule has 0 atom stereocenters. The molecule has 65 heavy (non-hydrogen) atoms. The smallest absolute Gasteiger partial charge is 0.310 e. The van der Waals surface area contributed by atoms with E-state index in [1.54, 1.807) is 77.4 Å². The monoisotopic (exact) mass is 900 g/mol. The van der Waals surface area contributed by atoms with Gasteiger partial charge in [-0.25, -0.2) is 15.0 Å². The van der Waals surface area contributed by atoms with Gasteiger partial charge in [0.15, 0.2) is 17.5 Å². The maximum Gasteiger partial charge on any atom is 0.417 e. The highest BCUT2D eigenvalue weighted by Gasteiger charge is 2.42. The minimum Gasteiger partial charge on any atom is -0.310 e. The van der Waals surface area contributed by atoms with E-state index in [2.05, 4.69) is 15.0 Å². The number of nitrogens with zero attached hydrogens (tertiary/aromatic N) is 4. The van der Waals surface area contributed by atoms with E-state index in [0.29, 0.717) is 46.0 Å². The summed E-state index contributed by atoms with van der Waals surface area (Å²) in [4.78, 5) is 14.0. The van der Waals surface area contributed by atoms with Crippen LogP contribution in [0.5, 0.6) is 0 Å². The minimum atomic E-state index is -5.32. The number of hydrogen-bond acceptors (Lipinski definition) is 3. The Morgan fingerprint density at radius 3 is 1.75 bits per heavy atom. The number of benzene rings is 5. The summed E-state index contributed by atoms with van der Waals surface area (Å²) in [6, 6.07) is 27.0. The molecule has 5 aromatic carbocycles. The summed E-state index contributed by atoms with van der Waals surface area (Å²) in [7, 11) is 0. The van der Waals surface area contributed by atoms with E-state index in [-0.39, 0.29) is 57.2 Å². The first-order valence-electron chi connectivity index (χ1n) is 19.7. The van der Waals surface area contributed by atoms with Crippen molar-refractivity contribution >= 4 is 22.6 Å². The summed E-state index contributed by atoms with van der Waals surface area (Å²) in [6.07, 6.45) is -15.1. The number of aromatic nitrogens is 4. The van der Waals surface area contributed by atoms with Crippen LogP contribution >= 0.6 is 0 Å². The zero-order chi connectivity index (χ0) is 46.1. The van der Waals surface area contributed by atoms with Gasteiger partial charge in [-0.3, -0.25) is 0 Å². The predicted molar refractivity (Wildman–Crippen MR) is 221 cm³/mol. The molecule has 0 N–H and O–H groups in total. The molecule has 2 aromatic heterocycles. The van der Waals surface area contributed by atoms with Crippen molar-refractivity contribution in [3.63, 3.8) is 0 Å². The molecule has 2 heterocycles. The van der Waals surface area contributed by atoms with Crippen molar-refractivity contribution in [2.75, 3.05) is 0 Å². The summed E-state index contributed by atoms with van der Waals surface area (Å²) in [6.45, 7) is 0. The number of alkyl halides is 12. The van der Waals surface area contributed by atoms with Gasteiger partial charge >= 0.3 is 24.7 Å². The van der Waals surface area contributed by atoms with E-state index in [9.17, 15) is 39.5 Å². The van der Waals surface area contributed by atoms with Crippen LogP contribution < -0.4 is 10.6 Å². The number of rotatable bonds is 5. The number of hydrogen-bond donors (Lipinski definition) is 0. The van der Waals surface area contributed by atoms with Crippen LogP contribution in [0.3, 0.4) is 0 Å². The number of fused-ring (bicyclic) bond motifs is 3. The van der Waals surface area contributed by atoms with Gasteiger partial charge in [0.25, 0.3) is 0 Å². The molecule has 0 saturated carbocycles. The number of halogens is 12. The Balaban J connectivity index is 1.35. The normalized spacial score (nSPS) is 15.4. The van der Waals surface area contributed by atoms with E-state index in [4.69, 9.17) is 0 Å². The Bertz CT molecular complexity index is 3190. The maximum absolute atomic E-state index is 15.1. The second-order valence-corrected chi connectivity index (χ2v) is 15.1. The summed E-state index contributed by atoms with van der Waals surface area (Å²) >= 11 is 0. The van der Waals surface area contributed by atoms with Gasteiger partial charge in [0, 0.05) is 27.8 Å². The predicted octanol–water partition coefficient (Wildman–Crippen LogP) is 12.9. The van der Waals surface area contributed by atoms with Gasteiger partial charge < -0.3 is 4.57 Å².